The fourth-order valence-corrected chi connectivity index (χ4v) is 3.42. The third-order valence-corrected chi connectivity index (χ3v) is 5.03. The van der Waals surface area contributed by atoms with Gasteiger partial charge in [0.25, 0.3) is 0 Å². The maximum absolute atomic E-state index is 5.89. The van der Waals surface area contributed by atoms with E-state index in [2.05, 4.69) is 29.3 Å². The van der Waals surface area contributed by atoms with Gasteiger partial charge in [0.05, 0.1) is 30.6 Å². The van der Waals surface area contributed by atoms with Crippen LogP contribution in [-0.4, -0.2) is 52.2 Å². The number of aryl methyl sites for hydroxylation is 2. The summed E-state index contributed by atoms with van der Waals surface area (Å²) in [7, 11) is 3.12. The highest BCUT2D eigenvalue weighted by atomic mass is 16.6. The number of ether oxygens (including phenoxy) is 1. The molecule has 1 aromatic carbocycles. The lowest BCUT2D eigenvalue weighted by atomic mass is 9.80. The van der Waals surface area contributed by atoms with Gasteiger partial charge in [0.1, 0.15) is 11.4 Å². The summed E-state index contributed by atoms with van der Waals surface area (Å²) in [6.45, 7) is 8.08. The SMILES string of the molecule is COc1ccc(Cn2nnc(C)c2-c2cc(B3OCC(C)(C)CO3)nn2C)cc1. The van der Waals surface area contributed by atoms with Gasteiger partial charge in [-0.1, -0.05) is 31.2 Å². The molecular weight excluding hydrogens is 369 g/mol. The molecule has 152 valence electrons. The van der Waals surface area contributed by atoms with Crippen molar-refractivity contribution in [1.29, 1.82) is 0 Å². The van der Waals surface area contributed by atoms with Crippen molar-refractivity contribution in [1.82, 2.24) is 24.8 Å². The van der Waals surface area contributed by atoms with Crippen molar-refractivity contribution in [3.8, 4) is 17.1 Å². The van der Waals surface area contributed by atoms with E-state index in [1.165, 1.54) is 0 Å². The molecule has 4 rings (SSSR count). The first-order valence-corrected chi connectivity index (χ1v) is 9.67. The third kappa shape index (κ3) is 4.06. The molecule has 0 radical (unpaired) electrons. The average molecular weight is 395 g/mol. The standard InChI is InChI=1S/C20H26BN5O3/c1-14-19(26(24-22-14)11-15-6-8-16(27-5)9-7-15)17-10-18(23-25(17)4)21-28-12-20(2,3)13-29-21/h6-10H,11-13H2,1-5H3. The van der Waals surface area contributed by atoms with Gasteiger partial charge in [0.2, 0.25) is 0 Å². The van der Waals surface area contributed by atoms with Crippen LogP contribution < -0.4 is 10.3 Å². The third-order valence-electron chi connectivity index (χ3n) is 5.03. The van der Waals surface area contributed by atoms with Crippen LogP contribution in [0.3, 0.4) is 0 Å². The minimum atomic E-state index is -0.450. The van der Waals surface area contributed by atoms with Crippen LogP contribution in [0.5, 0.6) is 5.75 Å². The molecular formula is C20H26BN5O3. The molecule has 0 aliphatic carbocycles. The lowest BCUT2D eigenvalue weighted by molar-refractivity contribution is 0.0339. The molecule has 2 aromatic heterocycles. The Morgan fingerprint density at radius 1 is 1.17 bits per heavy atom. The second-order valence-electron chi connectivity index (χ2n) is 8.23. The van der Waals surface area contributed by atoms with Crippen molar-refractivity contribution in [3.63, 3.8) is 0 Å². The molecule has 1 fully saturated rings. The summed E-state index contributed by atoms with van der Waals surface area (Å²) in [5.74, 6) is 0.829. The molecule has 9 heteroatoms. The molecule has 1 aliphatic heterocycles. The fraction of sp³-hybridized carbons (Fsp3) is 0.450. The van der Waals surface area contributed by atoms with Crippen LogP contribution in [-0.2, 0) is 22.9 Å². The van der Waals surface area contributed by atoms with Gasteiger partial charge >= 0.3 is 7.12 Å². The number of rotatable bonds is 5. The van der Waals surface area contributed by atoms with E-state index in [4.69, 9.17) is 14.0 Å². The Labute approximate surface area is 170 Å². The van der Waals surface area contributed by atoms with Gasteiger partial charge in [0, 0.05) is 25.7 Å². The van der Waals surface area contributed by atoms with Gasteiger partial charge in [-0.2, -0.15) is 5.10 Å². The molecule has 0 spiro atoms. The molecule has 0 unspecified atom stereocenters. The van der Waals surface area contributed by atoms with Crippen molar-refractivity contribution >= 4 is 12.7 Å². The maximum Gasteiger partial charge on any atom is 0.515 e. The van der Waals surface area contributed by atoms with Gasteiger partial charge in [0.15, 0.2) is 0 Å². The lowest BCUT2D eigenvalue weighted by Crippen LogP contribution is -2.48. The first-order valence-electron chi connectivity index (χ1n) is 9.67. The van der Waals surface area contributed by atoms with Crippen LogP contribution >= 0.6 is 0 Å². The number of methoxy groups -OCH3 is 1. The van der Waals surface area contributed by atoms with E-state index >= 15 is 0 Å². The van der Waals surface area contributed by atoms with Crippen molar-refractivity contribution < 1.29 is 14.0 Å². The Bertz CT molecular complexity index is 986. The molecule has 3 heterocycles. The number of aromatic nitrogens is 5. The van der Waals surface area contributed by atoms with Crippen LogP contribution in [0.15, 0.2) is 30.3 Å². The lowest BCUT2D eigenvalue weighted by Gasteiger charge is -2.32. The van der Waals surface area contributed by atoms with Gasteiger partial charge < -0.3 is 14.0 Å². The summed E-state index contributed by atoms with van der Waals surface area (Å²) >= 11 is 0. The van der Waals surface area contributed by atoms with E-state index < -0.39 is 7.12 Å². The van der Waals surface area contributed by atoms with Gasteiger partial charge in [-0.15, -0.1) is 5.10 Å². The molecule has 0 bridgehead atoms. The smallest absolute Gasteiger partial charge is 0.497 e. The van der Waals surface area contributed by atoms with Crippen molar-refractivity contribution in [2.24, 2.45) is 12.5 Å². The Hall–Kier alpha value is -2.65. The number of nitrogens with zero attached hydrogens (tertiary/aromatic N) is 5. The van der Waals surface area contributed by atoms with Gasteiger partial charge in [-0.25, -0.2) is 4.68 Å². The first kappa shape index (κ1) is 19.7. The topological polar surface area (TPSA) is 76.2 Å². The monoisotopic (exact) mass is 395 g/mol. The van der Waals surface area contributed by atoms with Crippen LogP contribution in [0, 0.1) is 12.3 Å². The molecule has 29 heavy (non-hydrogen) atoms. The molecule has 1 aliphatic rings. The summed E-state index contributed by atoms with van der Waals surface area (Å²) in [4.78, 5) is 0. The summed E-state index contributed by atoms with van der Waals surface area (Å²) in [6.07, 6.45) is 0. The van der Waals surface area contributed by atoms with Crippen molar-refractivity contribution in [2.45, 2.75) is 27.3 Å². The molecule has 0 saturated carbocycles. The largest absolute Gasteiger partial charge is 0.515 e. The van der Waals surface area contributed by atoms with Crippen LogP contribution in [0.4, 0.5) is 0 Å². The quantitative estimate of drug-likeness (QED) is 0.614. The van der Waals surface area contributed by atoms with E-state index in [9.17, 15) is 0 Å². The summed E-state index contributed by atoms with van der Waals surface area (Å²) in [6, 6.07) is 9.94. The maximum atomic E-state index is 5.89. The molecule has 3 aromatic rings. The first-order chi connectivity index (χ1) is 13.9. The molecule has 0 atom stereocenters. The Morgan fingerprint density at radius 2 is 1.86 bits per heavy atom. The zero-order chi connectivity index (χ0) is 20.6. The Balaban J connectivity index is 1.60. The fourth-order valence-electron chi connectivity index (χ4n) is 3.42. The number of benzene rings is 1. The van der Waals surface area contributed by atoms with E-state index in [1.54, 1.807) is 7.11 Å². The highest BCUT2D eigenvalue weighted by Gasteiger charge is 2.36. The molecule has 0 N–H and O–H groups in total. The van der Waals surface area contributed by atoms with E-state index in [0.717, 1.165) is 34.0 Å². The molecule has 1 saturated heterocycles. The predicted molar refractivity (Wildman–Crippen MR) is 110 cm³/mol. The summed E-state index contributed by atoms with van der Waals surface area (Å²) < 4.78 is 20.7. The van der Waals surface area contributed by atoms with Crippen molar-refractivity contribution in [2.75, 3.05) is 20.3 Å². The Morgan fingerprint density at radius 3 is 2.52 bits per heavy atom. The second-order valence-corrected chi connectivity index (χ2v) is 8.23. The second kappa shape index (κ2) is 7.64. The normalized spacial score (nSPS) is 16.2. The summed E-state index contributed by atoms with van der Waals surface area (Å²) in [5.41, 5.74) is 4.59. The van der Waals surface area contributed by atoms with Gasteiger partial charge in [-0.05, 0) is 30.7 Å². The van der Waals surface area contributed by atoms with E-state index in [1.807, 2.05) is 53.7 Å². The van der Waals surface area contributed by atoms with Crippen molar-refractivity contribution in [3.05, 3.63) is 41.6 Å². The number of hydrogen-bond donors (Lipinski definition) is 0. The minimum Gasteiger partial charge on any atom is -0.497 e. The average Bonchev–Trinajstić information content (AvgIpc) is 3.24. The van der Waals surface area contributed by atoms with Crippen LogP contribution in [0.1, 0.15) is 25.1 Å². The highest BCUT2D eigenvalue weighted by Crippen LogP contribution is 2.24. The minimum absolute atomic E-state index is 0.0194. The van der Waals surface area contributed by atoms with E-state index in [0.29, 0.717) is 19.8 Å². The summed E-state index contributed by atoms with van der Waals surface area (Å²) in [5, 5.41) is 13.3. The zero-order valence-corrected chi connectivity index (χ0v) is 17.5. The molecule has 0 amide bonds. The number of hydrogen-bond acceptors (Lipinski definition) is 6. The van der Waals surface area contributed by atoms with E-state index in [-0.39, 0.29) is 5.41 Å². The predicted octanol–water partition coefficient (Wildman–Crippen LogP) is 1.81. The van der Waals surface area contributed by atoms with Crippen LogP contribution in [0.25, 0.3) is 11.4 Å². The highest BCUT2D eigenvalue weighted by molar-refractivity contribution is 6.60. The molecule has 8 nitrogen and oxygen atoms in total. The zero-order valence-electron chi connectivity index (χ0n) is 17.5. The van der Waals surface area contributed by atoms with Gasteiger partial charge in [-0.3, -0.25) is 4.68 Å². The Kier molecular flexibility index (Phi) is 5.18. The van der Waals surface area contributed by atoms with Crippen LogP contribution in [0.2, 0.25) is 0 Å².